The number of benzene rings is 3. The van der Waals surface area contributed by atoms with E-state index in [1.807, 2.05) is 0 Å². The van der Waals surface area contributed by atoms with E-state index in [1.165, 1.54) is 45.0 Å². The highest BCUT2D eigenvalue weighted by atomic mass is 35.5. The first-order valence-electron chi connectivity index (χ1n) is 11.2. The van der Waals surface area contributed by atoms with Gasteiger partial charge in [0, 0.05) is 29.4 Å². The van der Waals surface area contributed by atoms with Crippen LogP contribution in [0.4, 0.5) is 11.4 Å². The van der Waals surface area contributed by atoms with Crippen LogP contribution in [0.3, 0.4) is 0 Å². The molecule has 3 rings (SSSR count). The summed E-state index contributed by atoms with van der Waals surface area (Å²) in [5, 5.41) is 3.28. The van der Waals surface area contributed by atoms with Crippen LogP contribution in [0.1, 0.15) is 29.8 Å². The molecule has 0 aliphatic heterocycles. The minimum absolute atomic E-state index is 0.115. The van der Waals surface area contributed by atoms with Gasteiger partial charge in [-0.1, -0.05) is 37.6 Å². The molecule has 0 aromatic heterocycles. The van der Waals surface area contributed by atoms with Crippen LogP contribution in [0.2, 0.25) is 5.02 Å². The van der Waals surface area contributed by atoms with Crippen molar-refractivity contribution < 1.29 is 21.6 Å². The fourth-order valence-corrected chi connectivity index (χ4v) is 6.03. The Hall–Kier alpha value is -2.92. The molecule has 3 aromatic rings. The van der Waals surface area contributed by atoms with Crippen molar-refractivity contribution in [3.8, 4) is 0 Å². The van der Waals surface area contributed by atoms with Crippen molar-refractivity contribution in [3.63, 3.8) is 0 Å². The molecule has 0 saturated carbocycles. The number of anilines is 2. The quantitative estimate of drug-likeness (QED) is 0.398. The Morgan fingerprint density at radius 3 is 1.89 bits per heavy atom. The Morgan fingerprint density at radius 1 is 0.833 bits per heavy atom. The number of hydrogen-bond donors (Lipinski definition) is 1. The Bertz CT molecular complexity index is 1400. The second-order valence-electron chi connectivity index (χ2n) is 8.01. The molecule has 0 heterocycles. The van der Waals surface area contributed by atoms with Crippen molar-refractivity contribution in [1.29, 1.82) is 0 Å². The molecule has 1 amide bonds. The summed E-state index contributed by atoms with van der Waals surface area (Å²) in [4.78, 5) is 12.9. The summed E-state index contributed by atoms with van der Waals surface area (Å²) in [7, 11) is -7.18. The number of carbonyl (C=O) groups is 1. The fourth-order valence-electron chi connectivity index (χ4n) is 3.56. The topological polar surface area (TPSA) is 104 Å². The Labute approximate surface area is 217 Å². The van der Waals surface area contributed by atoms with E-state index in [0.29, 0.717) is 35.1 Å². The Balaban J connectivity index is 1.74. The van der Waals surface area contributed by atoms with E-state index < -0.39 is 26.0 Å². The lowest BCUT2D eigenvalue weighted by Gasteiger charge is -2.23. The largest absolute Gasteiger partial charge is 0.322 e. The van der Waals surface area contributed by atoms with Crippen LogP contribution in [0, 0.1) is 0 Å². The molecule has 0 unspecified atom stereocenters. The van der Waals surface area contributed by atoms with Gasteiger partial charge in [0.05, 0.1) is 23.4 Å². The van der Waals surface area contributed by atoms with Crippen molar-refractivity contribution in [1.82, 2.24) is 4.31 Å². The third-order valence-electron chi connectivity index (χ3n) is 5.51. The maximum Gasteiger partial charge on any atom is 0.255 e. The normalized spacial score (nSPS) is 11.9. The summed E-state index contributed by atoms with van der Waals surface area (Å²) < 4.78 is 52.7. The van der Waals surface area contributed by atoms with Crippen molar-refractivity contribution in [3.05, 3.63) is 88.9 Å². The number of carbonyl (C=O) groups excluding carboxylic acids is 1. The van der Waals surface area contributed by atoms with E-state index in [2.05, 4.69) is 5.32 Å². The van der Waals surface area contributed by atoms with Gasteiger partial charge in [0.2, 0.25) is 20.0 Å². The molecular formula is C25H28ClN3O5S2. The maximum absolute atomic E-state index is 12.7. The SMILES string of the molecule is CCN(CC)S(=O)(=O)c1ccc(NC(=O)c2ccc(N(Cc3ccc(Cl)cc3)S(C)(=O)=O)cc2)cc1. The summed E-state index contributed by atoms with van der Waals surface area (Å²) in [5.41, 5.74) is 1.93. The average molecular weight is 550 g/mol. The second-order valence-corrected chi connectivity index (χ2v) is 12.3. The number of nitrogens with zero attached hydrogens (tertiary/aromatic N) is 2. The van der Waals surface area contributed by atoms with Gasteiger partial charge < -0.3 is 5.32 Å². The summed E-state index contributed by atoms with van der Waals surface area (Å²) >= 11 is 5.91. The molecule has 1 N–H and O–H groups in total. The van der Waals surface area contributed by atoms with Crippen LogP contribution in [-0.4, -0.2) is 46.4 Å². The predicted molar refractivity (Wildman–Crippen MR) is 143 cm³/mol. The van der Waals surface area contributed by atoms with Gasteiger partial charge in [-0.15, -0.1) is 0 Å². The van der Waals surface area contributed by atoms with Crippen LogP contribution in [0.25, 0.3) is 0 Å². The molecule has 8 nitrogen and oxygen atoms in total. The molecule has 0 atom stereocenters. The molecule has 0 saturated heterocycles. The van der Waals surface area contributed by atoms with Gasteiger partial charge in [-0.05, 0) is 66.2 Å². The van der Waals surface area contributed by atoms with Gasteiger partial charge in [-0.2, -0.15) is 4.31 Å². The van der Waals surface area contributed by atoms with Crippen LogP contribution in [-0.2, 0) is 26.6 Å². The number of nitrogens with one attached hydrogen (secondary N) is 1. The summed E-state index contributed by atoms with van der Waals surface area (Å²) in [6.45, 7) is 4.39. The zero-order valence-corrected chi connectivity index (χ0v) is 22.6. The predicted octanol–water partition coefficient (Wildman–Crippen LogP) is 4.59. The first-order chi connectivity index (χ1) is 17.0. The van der Waals surface area contributed by atoms with E-state index in [1.54, 1.807) is 50.2 Å². The number of halogens is 1. The summed E-state index contributed by atoms with van der Waals surface area (Å²) in [5.74, 6) is -0.412. The molecule has 0 fully saturated rings. The van der Waals surface area contributed by atoms with E-state index in [4.69, 9.17) is 11.6 Å². The molecule has 192 valence electrons. The van der Waals surface area contributed by atoms with E-state index in [0.717, 1.165) is 11.8 Å². The lowest BCUT2D eigenvalue weighted by Crippen LogP contribution is -2.30. The first kappa shape index (κ1) is 27.7. The minimum atomic E-state index is -3.59. The van der Waals surface area contributed by atoms with Gasteiger partial charge in [-0.25, -0.2) is 16.8 Å². The molecule has 0 radical (unpaired) electrons. The van der Waals surface area contributed by atoms with Crippen LogP contribution < -0.4 is 9.62 Å². The number of amides is 1. The standard InChI is InChI=1S/C25H28ClN3O5S2/c1-4-28(5-2)36(33,34)24-16-12-22(13-17-24)27-25(30)20-8-14-23(15-9-20)29(35(3,31)32)18-19-6-10-21(26)11-7-19/h6-17H,4-5,18H2,1-3H3,(H,27,30). The Kier molecular flexibility index (Phi) is 8.78. The minimum Gasteiger partial charge on any atom is -0.322 e. The van der Waals surface area contributed by atoms with Gasteiger partial charge in [-0.3, -0.25) is 9.10 Å². The zero-order valence-electron chi connectivity index (χ0n) is 20.2. The highest BCUT2D eigenvalue weighted by Crippen LogP contribution is 2.23. The van der Waals surface area contributed by atoms with Gasteiger partial charge in [0.15, 0.2) is 0 Å². The van der Waals surface area contributed by atoms with E-state index in [-0.39, 0.29) is 11.4 Å². The van der Waals surface area contributed by atoms with Crippen LogP contribution >= 0.6 is 11.6 Å². The van der Waals surface area contributed by atoms with Gasteiger partial charge >= 0.3 is 0 Å². The molecule has 0 aliphatic carbocycles. The molecular weight excluding hydrogens is 522 g/mol. The maximum atomic E-state index is 12.7. The summed E-state index contributed by atoms with van der Waals surface area (Å²) in [6.07, 6.45) is 1.12. The first-order valence-corrected chi connectivity index (χ1v) is 14.9. The zero-order chi connectivity index (χ0) is 26.5. The van der Waals surface area contributed by atoms with Crippen molar-refractivity contribution >= 4 is 48.9 Å². The van der Waals surface area contributed by atoms with Crippen molar-refractivity contribution in [2.24, 2.45) is 0 Å². The lowest BCUT2D eigenvalue weighted by molar-refractivity contribution is 0.102. The third kappa shape index (κ3) is 6.64. The lowest BCUT2D eigenvalue weighted by atomic mass is 10.1. The molecule has 0 bridgehead atoms. The van der Waals surface area contributed by atoms with E-state index in [9.17, 15) is 21.6 Å². The van der Waals surface area contributed by atoms with Crippen molar-refractivity contribution in [2.45, 2.75) is 25.3 Å². The van der Waals surface area contributed by atoms with Gasteiger partial charge in [0.25, 0.3) is 5.91 Å². The van der Waals surface area contributed by atoms with Gasteiger partial charge in [0.1, 0.15) is 0 Å². The fraction of sp³-hybridized carbons (Fsp3) is 0.240. The molecule has 0 aliphatic rings. The highest BCUT2D eigenvalue weighted by molar-refractivity contribution is 7.92. The van der Waals surface area contributed by atoms with E-state index >= 15 is 0 Å². The Morgan fingerprint density at radius 2 is 1.39 bits per heavy atom. The summed E-state index contributed by atoms with van der Waals surface area (Å²) in [6, 6.07) is 19.0. The highest BCUT2D eigenvalue weighted by Gasteiger charge is 2.22. The molecule has 11 heteroatoms. The van der Waals surface area contributed by atoms with Crippen LogP contribution in [0.15, 0.2) is 77.7 Å². The smallest absolute Gasteiger partial charge is 0.255 e. The molecule has 3 aromatic carbocycles. The second kappa shape index (κ2) is 11.4. The van der Waals surface area contributed by atoms with Crippen LogP contribution in [0.5, 0.6) is 0 Å². The van der Waals surface area contributed by atoms with Crippen molar-refractivity contribution in [2.75, 3.05) is 29.0 Å². The number of rotatable bonds is 10. The number of hydrogen-bond acceptors (Lipinski definition) is 5. The number of sulfonamides is 2. The third-order valence-corrected chi connectivity index (χ3v) is 8.97. The molecule has 0 spiro atoms. The monoisotopic (exact) mass is 549 g/mol. The average Bonchev–Trinajstić information content (AvgIpc) is 2.84. The molecule has 36 heavy (non-hydrogen) atoms.